The van der Waals surface area contributed by atoms with Crippen LogP contribution in [0.25, 0.3) is 5.65 Å². The molecule has 2 fully saturated rings. The molecule has 1 atom stereocenters. The molecule has 2 aliphatic heterocycles. The van der Waals surface area contributed by atoms with Crippen LogP contribution < -0.4 is 5.56 Å². The monoisotopic (exact) mass is 399 g/mol. The Kier molecular flexibility index (Phi) is 5.43. The van der Waals surface area contributed by atoms with Crippen molar-refractivity contribution in [2.45, 2.75) is 58.3 Å². The topological polar surface area (TPSA) is 90.8 Å². The van der Waals surface area contributed by atoms with Crippen LogP contribution in [0.2, 0.25) is 0 Å². The predicted octanol–water partition coefficient (Wildman–Crippen LogP) is 1.75. The second-order valence-electron chi connectivity index (χ2n) is 8.30. The lowest BCUT2D eigenvalue weighted by molar-refractivity contribution is -0.133. The first-order valence-corrected chi connectivity index (χ1v) is 10.6. The van der Waals surface area contributed by atoms with E-state index in [1.165, 1.54) is 4.52 Å². The maximum Gasteiger partial charge on any atom is 0.275 e. The Morgan fingerprint density at radius 2 is 2.07 bits per heavy atom. The van der Waals surface area contributed by atoms with Crippen LogP contribution in [0, 0.1) is 13.8 Å². The van der Waals surface area contributed by atoms with Crippen LogP contribution in [-0.4, -0.2) is 62.4 Å². The van der Waals surface area contributed by atoms with E-state index in [0.29, 0.717) is 37.1 Å². The molecule has 2 saturated heterocycles. The first-order valence-electron chi connectivity index (χ1n) is 10.6. The molecule has 0 radical (unpaired) electrons. The largest absolute Gasteiger partial charge is 0.343 e. The van der Waals surface area contributed by atoms with Crippen LogP contribution in [0.15, 0.2) is 10.9 Å². The van der Waals surface area contributed by atoms with E-state index in [-0.39, 0.29) is 23.3 Å². The van der Waals surface area contributed by atoms with Crippen molar-refractivity contribution in [2.24, 2.45) is 0 Å². The normalized spacial score (nSPS) is 20.1. The van der Waals surface area contributed by atoms with Crippen LogP contribution >= 0.6 is 0 Å². The molecular formula is C21H29N5O3. The Hall–Kier alpha value is -2.64. The Balaban J connectivity index is 1.39. The number of carbonyl (C=O) groups is 2. The number of aryl methyl sites for hydroxylation is 1. The summed E-state index contributed by atoms with van der Waals surface area (Å²) in [5.74, 6) is 0.539. The molecule has 0 saturated carbocycles. The lowest BCUT2D eigenvalue weighted by Gasteiger charge is -2.32. The van der Waals surface area contributed by atoms with E-state index < -0.39 is 0 Å². The maximum atomic E-state index is 12.7. The van der Waals surface area contributed by atoms with Gasteiger partial charge >= 0.3 is 0 Å². The maximum absolute atomic E-state index is 12.7. The van der Waals surface area contributed by atoms with Crippen molar-refractivity contribution in [3.8, 4) is 0 Å². The van der Waals surface area contributed by atoms with Gasteiger partial charge in [0.15, 0.2) is 5.65 Å². The molecule has 0 bridgehead atoms. The van der Waals surface area contributed by atoms with Crippen molar-refractivity contribution in [1.82, 2.24) is 24.4 Å². The van der Waals surface area contributed by atoms with Gasteiger partial charge in [-0.2, -0.15) is 0 Å². The van der Waals surface area contributed by atoms with Crippen molar-refractivity contribution in [3.05, 3.63) is 33.4 Å². The van der Waals surface area contributed by atoms with Crippen LogP contribution in [0.1, 0.15) is 61.4 Å². The summed E-state index contributed by atoms with van der Waals surface area (Å²) in [7, 11) is 0. The van der Waals surface area contributed by atoms with E-state index in [2.05, 4.69) is 10.1 Å². The number of likely N-dealkylation sites (tertiary alicyclic amines) is 2. The van der Waals surface area contributed by atoms with E-state index in [0.717, 1.165) is 50.2 Å². The fourth-order valence-corrected chi connectivity index (χ4v) is 4.42. The molecular weight excluding hydrogens is 370 g/mol. The summed E-state index contributed by atoms with van der Waals surface area (Å²) < 4.78 is 1.51. The van der Waals surface area contributed by atoms with Gasteiger partial charge in [-0.25, -0.2) is 9.50 Å². The number of piperidine rings is 1. The van der Waals surface area contributed by atoms with Crippen LogP contribution in [0.5, 0.6) is 0 Å². The van der Waals surface area contributed by atoms with Crippen LogP contribution in [-0.2, 0) is 9.59 Å². The molecule has 2 aromatic rings. The lowest BCUT2D eigenvalue weighted by Crippen LogP contribution is -2.39. The van der Waals surface area contributed by atoms with E-state index >= 15 is 0 Å². The molecule has 4 heterocycles. The smallest absolute Gasteiger partial charge is 0.275 e. The minimum Gasteiger partial charge on any atom is -0.343 e. The third-order valence-corrected chi connectivity index (χ3v) is 6.31. The highest BCUT2D eigenvalue weighted by molar-refractivity contribution is 5.78. The van der Waals surface area contributed by atoms with Gasteiger partial charge in [0, 0.05) is 68.0 Å². The number of fused-ring (bicyclic) bond motifs is 1. The Morgan fingerprint density at radius 3 is 2.83 bits per heavy atom. The standard InChI is InChI=1S/C21H29N5O3/c1-14-15(2)22-18-12-17(23-26(18)21(14)29)16-6-3-11-25(13-16)20(28)8-5-10-24-9-4-7-19(24)27/h12,16,23H,3-11,13H2,1-2H3/t16-/m1/s1. The predicted molar refractivity (Wildman–Crippen MR) is 109 cm³/mol. The zero-order valence-corrected chi connectivity index (χ0v) is 17.2. The molecule has 29 heavy (non-hydrogen) atoms. The van der Waals surface area contributed by atoms with Crippen molar-refractivity contribution in [1.29, 1.82) is 0 Å². The molecule has 8 nitrogen and oxygen atoms in total. The Labute approximate surface area is 169 Å². The summed E-state index contributed by atoms with van der Waals surface area (Å²) in [5, 5.41) is 3.21. The van der Waals surface area contributed by atoms with Crippen molar-refractivity contribution in [2.75, 3.05) is 26.2 Å². The van der Waals surface area contributed by atoms with Gasteiger partial charge in [0.1, 0.15) is 0 Å². The fraction of sp³-hybridized carbons (Fsp3) is 0.619. The fourth-order valence-electron chi connectivity index (χ4n) is 4.42. The summed E-state index contributed by atoms with van der Waals surface area (Å²) in [6.07, 6.45) is 4.69. The third-order valence-electron chi connectivity index (χ3n) is 6.31. The Bertz CT molecular complexity index is 992. The molecule has 8 heteroatoms. The second-order valence-corrected chi connectivity index (χ2v) is 8.30. The van der Waals surface area contributed by atoms with Gasteiger partial charge < -0.3 is 9.80 Å². The number of rotatable bonds is 5. The van der Waals surface area contributed by atoms with Crippen molar-refractivity contribution < 1.29 is 9.59 Å². The summed E-state index contributed by atoms with van der Waals surface area (Å²) >= 11 is 0. The average Bonchev–Trinajstić information content (AvgIpc) is 3.32. The Morgan fingerprint density at radius 1 is 1.24 bits per heavy atom. The van der Waals surface area contributed by atoms with E-state index in [1.54, 1.807) is 6.92 Å². The molecule has 1 N–H and O–H groups in total. The van der Waals surface area contributed by atoms with Gasteiger partial charge in [-0.15, -0.1) is 0 Å². The molecule has 4 rings (SSSR count). The van der Waals surface area contributed by atoms with Gasteiger partial charge in [-0.05, 0) is 39.5 Å². The molecule has 2 aromatic heterocycles. The highest BCUT2D eigenvalue weighted by atomic mass is 16.2. The minimum atomic E-state index is -0.0704. The number of aromatic nitrogens is 3. The van der Waals surface area contributed by atoms with Gasteiger partial charge in [-0.1, -0.05) is 0 Å². The number of nitrogens with one attached hydrogen (secondary N) is 1. The highest BCUT2D eigenvalue weighted by Gasteiger charge is 2.27. The first kappa shape index (κ1) is 19.7. The number of hydrogen-bond donors (Lipinski definition) is 1. The van der Waals surface area contributed by atoms with Gasteiger partial charge in [0.2, 0.25) is 11.8 Å². The van der Waals surface area contributed by atoms with Crippen molar-refractivity contribution in [3.63, 3.8) is 0 Å². The second kappa shape index (κ2) is 8.00. The van der Waals surface area contributed by atoms with Crippen LogP contribution in [0.3, 0.4) is 0 Å². The summed E-state index contributed by atoms with van der Waals surface area (Å²) in [5.41, 5.74) is 2.91. The molecule has 2 aliphatic rings. The zero-order valence-electron chi connectivity index (χ0n) is 17.2. The molecule has 2 amide bonds. The average molecular weight is 399 g/mol. The van der Waals surface area contributed by atoms with Gasteiger partial charge in [0.25, 0.3) is 5.56 Å². The minimum absolute atomic E-state index is 0.0704. The highest BCUT2D eigenvalue weighted by Crippen LogP contribution is 2.27. The first-order chi connectivity index (χ1) is 13.9. The third kappa shape index (κ3) is 3.93. The summed E-state index contributed by atoms with van der Waals surface area (Å²) in [6.45, 7) is 6.56. The molecule has 0 spiro atoms. The van der Waals surface area contributed by atoms with Crippen molar-refractivity contribution >= 4 is 17.5 Å². The van der Waals surface area contributed by atoms with Gasteiger partial charge in [-0.3, -0.25) is 19.5 Å². The zero-order chi connectivity index (χ0) is 20.5. The van der Waals surface area contributed by atoms with Gasteiger partial charge in [0.05, 0.1) is 0 Å². The number of aromatic amines is 1. The quantitative estimate of drug-likeness (QED) is 0.829. The number of hydrogen-bond acceptors (Lipinski definition) is 4. The van der Waals surface area contributed by atoms with E-state index in [9.17, 15) is 14.4 Å². The molecule has 156 valence electrons. The summed E-state index contributed by atoms with van der Waals surface area (Å²) in [6, 6.07) is 1.94. The van der Waals surface area contributed by atoms with E-state index in [4.69, 9.17) is 0 Å². The van der Waals surface area contributed by atoms with Crippen LogP contribution in [0.4, 0.5) is 0 Å². The lowest BCUT2D eigenvalue weighted by atomic mass is 9.94. The molecule has 0 aromatic carbocycles. The molecule has 0 aliphatic carbocycles. The number of nitrogens with zero attached hydrogens (tertiary/aromatic N) is 4. The summed E-state index contributed by atoms with van der Waals surface area (Å²) in [4.78, 5) is 45.2. The SMILES string of the molecule is Cc1nc2cc([C@@H]3CCCN(C(=O)CCCN4CCCC4=O)C3)[nH]n2c(=O)c1C. The number of amides is 2. The van der Waals surface area contributed by atoms with E-state index in [1.807, 2.05) is 22.8 Å². The number of H-pyrrole nitrogens is 1. The molecule has 0 unspecified atom stereocenters. The number of carbonyl (C=O) groups excluding carboxylic acids is 2.